The van der Waals surface area contributed by atoms with Crippen molar-refractivity contribution in [2.75, 3.05) is 18.5 Å². The second-order valence-corrected chi connectivity index (χ2v) is 9.04. The lowest BCUT2D eigenvalue weighted by Gasteiger charge is -2.19. The summed E-state index contributed by atoms with van der Waals surface area (Å²) in [6.45, 7) is 0.863. The highest BCUT2D eigenvalue weighted by Crippen LogP contribution is 2.45. The standard InChI is InChI=1S/C22H15F2IN6O2/c23-12-7-13-16(30-31(20(13)26-8-12)9-11-3-1-2-4-14(11)24)19-27-17(25)15-18(28-19)29-21(32)22(15)5-6-33-10-22/h1-4,7-8H,5-6,9-10H2,(H,27,28,29,32). The van der Waals surface area contributed by atoms with Crippen LogP contribution in [-0.2, 0) is 21.5 Å². The van der Waals surface area contributed by atoms with Crippen molar-refractivity contribution >= 4 is 45.3 Å². The molecule has 1 amide bonds. The number of rotatable bonds is 3. The molecule has 33 heavy (non-hydrogen) atoms. The van der Waals surface area contributed by atoms with Gasteiger partial charge < -0.3 is 10.1 Å². The summed E-state index contributed by atoms with van der Waals surface area (Å²) < 4.78 is 36.0. The number of carbonyl (C=O) groups excluding carboxylic acids is 1. The Morgan fingerprint density at radius 2 is 2.09 bits per heavy atom. The highest BCUT2D eigenvalue weighted by Gasteiger charge is 2.52. The molecule has 1 saturated heterocycles. The van der Waals surface area contributed by atoms with Gasteiger partial charge in [-0.3, -0.25) is 4.79 Å². The van der Waals surface area contributed by atoms with Crippen molar-refractivity contribution in [1.29, 1.82) is 0 Å². The fourth-order valence-electron chi connectivity index (χ4n) is 4.43. The molecule has 6 rings (SSSR count). The van der Waals surface area contributed by atoms with E-state index < -0.39 is 11.2 Å². The Balaban J connectivity index is 1.51. The van der Waals surface area contributed by atoms with Crippen LogP contribution < -0.4 is 5.32 Å². The number of amides is 1. The summed E-state index contributed by atoms with van der Waals surface area (Å²) in [7, 11) is 0. The third-order valence-corrected chi connectivity index (χ3v) is 6.86. The number of halogens is 3. The molecule has 166 valence electrons. The molecule has 1 unspecified atom stereocenters. The van der Waals surface area contributed by atoms with E-state index in [9.17, 15) is 13.6 Å². The van der Waals surface area contributed by atoms with Gasteiger partial charge in [0.15, 0.2) is 11.5 Å². The molecule has 0 bridgehead atoms. The van der Waals surface area contributed by atoms with E-state index in [4.69, 9.17) is 4.74 Å². The number of hydrogen-bond acceptors (Lipinski definition) is 6. The predicted octanol–water partition coefficient (Wildman–Crippen LogP) is 3.43. The minimum Gasteiger partial charge on any atom is -0.380 e. The summed E-state index contributed by atoms with van der Waals surface area (Å²) in [6, 6.07) is 7.66. The average molecular weight is 560 g/mol. The van der Waals surface area contributed by atoms with E-state index in [1.807, 2.05) is 0 Å². The molecule has 2 aliphatic rings. The number of anilines is 1. The highest BCUT2D eigenvalue weighted by atomic mass is 127. The van der Waals surface area contributed by atoms with Gasteiger partial charge in [0.25, 0.3) is 0 Å². The Hall–Kier alpha value is -3.06. The molecule has 0 radical (unpaired) electrons. The van der Waals surface area contributed by atoms with Crippen molar-refractivity contribution in [3.8, 4) is 11.5 Å². The van der Waals surface area contributed by atoms with Crippen LogP contribution in [0.15, 0.2) is 36.5 Å². The fraction of sp³-hybridized carbons (Fsp3) is 0.227. The molecule has 1 atom stereocenters. The first kappa shape index (κ1) is 20.5. The number of nitrogens with one attached hydrogen (secondary N) is 1. The van der Waals surface area contributed by atoms with Crippen molar-refractivity contribution in [3.63, 3.8) is 0 Å². The maximum atomic E-state index is 14.3. The largest absolute Gasteiger partial charge is 0.380 e. The van der Waals surface area contributed by atoms with Gasteiger partial charge in [0.05, 0.1) is 24.7 Å². The monoisotopic (exact) mass is 560 g/mol. The molecule has 1 N–H and O–H groups in total. The SMILES string of the molecule is O=C1Nc2nc(-c3nn(Cc4ccccc4F)c4ncc(F)cc34)nc(I)c2C12CCOC2. The summed E-state index contributed by atoms with van der Waals surface area (Å²) >= 11 is 2.08. The molecule has 4 aromatic rings. The lowest BCUT2D eigenvalue weighted by Crippen LogP contribution is -2.35. The van der Waals surface area contributed by atoms with Crippen LogP contribution in [0.5, 0.6) is 0 Å². The van der Waals surface area contributed by atoms with Gasteiger partial charge in [0.2, 0.25) is 5.91 Å². The van der Waals surface area contributed by atoms with Crippen LogP contribution in [0, 0.1) is 15.3 Å². The van der Waals surface area contributed by atoms with Gasteiger partial charge in [-0.2, -0.15) is 5.10 Å². The number of hydrogen-bond donors (Lipinski definition) is 1. The first-order valence-corrected chi connectivity index (χ1v) is 11.3. The normalized spacial score (nSPS) is 19.4. The second-order valence-electron chi connectivity index (χ2n) is 8.02. The summed E-state index contributed by atoms with van der Waals surface area (Å²) in [6.07, 6.45) is 1.64. The summed E-state index contributed by atoms with van der Waals surface area (Å²) in [5.74, 6) is -0.456. The second kappa shape index (κ2) is 7.48. The predicted molar refractivity (Wildman–Crippen MR) is 122 cm³/mol. The van der Waals surface area contributed by atoms with Crippen molar-refractivity contribution in [2.45, 2.75) is 18.4 Å². The van der Waals surface area contributed by atoms with Crippen LogP contribution in [0.2, 0.25) is 0 Å². The van der Waals surface area contributed by atoms with Gasteiger partial charge in [-0.05, 0) is 41.1 Å². The molecular weight excluding hydrogens is 545 g/mol. The van der Waals surface area contributed by atoms with Crippen LogP contribution in [-0.4, -0.2) is 43.9 Å². The van der Waals surface area contributed by atoms with E-state index >= 15 is 0 Å². The zero-order chi connectivity index (χ0) is 22.7. The Labute approximate surface area is 199 Å². The van der Waals surface area contributed by atoms with Crippen LogP contribution in [0.25, 0.3) is 22.6 Å². The van der Waals surface area contributed by atoms with Crippen molar-refractivity contribution < 1.29 is 18.3 Å². The molecule has 3 aromatic heterocycles. The Morgan fingerprint density at radius 1 is 1.24 bits per heavy atom. The zero-order valence-corrected chi connectivity index (χ0v) is 19.1. The third-order valence-electron chi connectivity index (χ3n) is 6.08. The molecule has 1 spiro atoms. The smallest absolute Gasteiger partial charge is 0.238 e. The molecule has 11 heteroatoms. The van der Waals surface area contributed by atoms with Crippen LogP contribution in [0.1, 0.15) is 17.5 Å². The number of fused-ring (bicyclic) bond motifs is 3. The minimum atomic E-state index is -0.787. The van der Waals surface area contributed by atoms with E-state index in [1.54, 1.807) is 18.2 Å². The van der Waals surface area contributed by atoms with Crippen LogP contribution in [0.3, 0.4) is 0 Å². The first-order chi connectivity index (χ1) is 16.0. The Bertz CT molecular complexity index is 1450. The van der Waals surface area contributed by atoms with Gasteiger partial charge in [0.1, 0.15) is 32.3 Å². The zero-order valence-electron chi connectivity index (χ0n) is 17.0. The van der Waals surface area contributed by atoms with E-state index in [0.717, 1.165) is 6.20 Å². The average Bonchev–Trinajstić information content (AvgIpc) is 3.48. The number of benzene rings is 1. The van der Waals surface area contributed by atoms with Gasteiger partial charge >= 0.3 is 0 Å². The van der Waals surface area contributed by atoms with Gasteiger partial charge in [-0.15, -0.1) is 0 Å². The van der Waals surface area contributed by atoms with Crippen LogP contribution in [0.4, 0.5) is 14.6 Å². The first-order valence-electron chi connectivity index (χ1n) is 10.2. The lowest BCUT2D eigenvalue weighted by molar-refractivity contribution is -0.120. The maximum absolute atomic E-state index is 14.3. The van der Waals surface area contributed by atoms with E-state index in [1.165, 1.54) is 16.8 Å². The van der Waals surface area contributed by atoms with Crippen molar-refractivity contribution in [1.82, 2.24) is 24.7 Å². The molecule has 2 aliphatic heterocycles. The highest BCUT2D eigenvalue weighted by molar-refractivity contribution is 14.1. The van der Waals surface area contributed by atoms with E-state index in [-0.39, 0.29) is 30.7 Å². The van der Waals surface area contributed by atoms with Gasteiger partial charge in [-0.1, -0.05) is 18.2 Å². The molecule has 0 saturated carbocycles. The minimum absolute atomic E-state index is 0.0982. The molecule has 5 heterocycles. The third kappa shape index (κ3) is 3.13. The summed E-state index contributed by atoms with van der Waals surface area (Å²) in [5.41, 5.74) is 1.02. The summed E-state index contributed by atoms with van der Waals surface area (Å²) in [5, 5.41) is 7.81. The summed E-state index contributed by atoms with van der Waals surface area (Å²) in [4.78, 5) is 26.1. The number of nitrogens with zero attached hydrogens (tertiary/aromatic N) is 5. The quantitative estimate of drug-likeness (QED) is 0.305. The Kier molecular flexibility index (Phi) is 4.66. The van der Waals surface area contributed by atoms with Crippen molar-refractivity contribution in [3.05, 3.63) is 63.0 Å². The molecule has 1 fully saturated rings. The molecular formula is C22H15F2IN6O2. The molecule has 1 aromatic carbocycles. The van der Waals surface area contributed by atoms with Gasteiger partial charge in [-0.25, -0.2) is 28.4 Å². The van der Waals surface area contributed by atoms with Gasteiger partial charge in [0, 0.05) is 17.7 Å². The molecule has 8 nitrogen and oxygen atoms in total. The molecule has 0 aliphatic carbocycles. The number of ether oxygens (including phenoxy) is 1. The fourth-order valence-corrected chi connectivity index (χ4v) is 5.43. The van der Waals surface area contributed by atoms with E-state index in [0.29, 0.717) is 50.4 Å². The topological polar surface area (TPSA) is 94.8 Å². The maximum Gasteiger partial charge on any atom is 0.238 e. The van der Waals surface area contributed by atoms with Crippen LogP contribution >= 0.6 is 22.6 Å². The number of pyridine rings is 1. The number of aromatic nitrogens is 5. The van der Waals surface area contributed by atoms with E-state index in [2.05, 4.69) is 48.0 Å². The Morgan fingerprint density at radius 3 is 2.88 bits per heavy atom. The lowest BCUT2D eigenvalue weighted by atomic mass is 9.82. The van der Waals surface area contributed by atoms with Crippen molar-refractivity contribution in [2.24, 2.45) is 0 Å². The number of carbonyl (C=O) groups is 1.